The Morgan fingerprint density at radius 3 is 2.09 bits per heavy atom. The number of rotatable bonds is 1. The van der Waals surface area contributed by atoms with Crippen LogP contribution in [0.15, 0.2) is 0 Å². The molecule has 1 fully saturated rings. The molecule has 0 aromatic carbocycles. The molecule has 0 aliphatic carbocycles. The predicted molar refractivity (Wildman–Crippen MR) is 81.4 cm³/mol. The van der Waals surface area contributed by atoms with Crippen LogP contribution in [0.5, 0.6) is 0 Å². The first-order chi connectivity index (χ1) is 9.89. The smallest absolute Gasteiger partial charge is 0.410 e. The Labute approximate surface area is 132 Å². The molecule has 1 amide bonds. The van der Waals surface area contributed by atoms with E-state index in [-0.39, 0.29) is 18.7 Å². The molecular formula is C16H27NO5. The van der Waals surface area contributed by atoms with Crippen LogP contribution in [0.2, 0.25) is 0 Å². The summed E-state index contributed by atoms with van der Waals surface area (Å²) < 4.78 is 10.6. The van der Waals surface area contributed by atoms with Gasteiger partial charge in [-0.1, -0.05) is 0 Å². The molecule has 0 bridgehead atoms. The highest BCUT2D eigenvalue weighted by atomic mass is 16.6. The quantitative estimate of drug-likeness (QED) is 0.549. The first-order valence-corrected chi connectivity index (χ1v) is 7.62. The second-order valence-electron chi connectivity index (χ2n) is 7.58. The molecule has 0 saturated carbocycles. The van der Waals surface area contributed by atoms with Crippen molar-refractivity contribution in [3.8, 4) is 0 Å². The molecule has 1 aliphatic rings. The minimum absolute atomic E-state index is 0.0165. The largest absolute Gasteiger partial charge is 0.459 e. The van der Waals surface area contributed by atoms with E-state index in [1.165, 1.54) is 4.90 Å². The lowest BCUT2D eigenvalue weighted by molar-refractivity contribution is -0.162. The van der Waals surface area contributed by atoms with E-state index in [4.69, 9.17) is 9.47 Å². The van der Waals surface area contributed by atoms with E-state index < -0.39 is 29.2 Å². The zero-order valence-electron chi connectivity index (χ0n) is 14.4. The Balaban J connectivity index is 2.82. The fraction of sp³-hybridized carbons (Fsp3) is 0.812. The highest BCUT2D eigenvalue weighted by molar-refractivity contribution is 6.00. The van der Waals surface area contributed by atoms with Crippen LogP contribution in [0.1, 0.15) is 54.4 Å². The minimum atomic E-state index is -0.936. The summed E-state index contributed by atoms with van der Waals surface area (Å²) in [7, 11) is 0. The van der Waals surface area contributed by atoms with Crippen LogP contribution in [0.3, 0.4) is 0 Å². The van der Waals surface area contributed by atoms with Gasteiger partial charge in [0.1, 0.15) is 22.9 Å². The van der Waals surface area contributed by atoms with Gasteiger partial charge in [-0.25, -0.2) is 4.79 Å². The minimum Gasteiger partial charge on any atom is -0.459 e. The molecule has 22 heavy (non-hydrogen) atoms. The number of carbonyl (C=O) groups excluding carboxylic acids is 3. The monoisotopic (exact) mass is 313 g/mol. The molecule has 6 heteroatoms. The third-order valence-electron chi connectivity index (χ3n) is 2.99. The van der Waals surface area contributed by atoms with Gasteiger partial charge < -0.3 is 14.4 Å². The van der Waals surface area contributed by atoms with E-state index in [9.17, 15) is 14.4 Å². The van der Waals surface area contributed by atoms with E-state index in [1.807, 2.05) is 0 Å². The van der Waals surface area contributed by atoms with Crippen LogP contribution >= 0.6 is 0 Å². The van der Waals surface area contributed by atoms with E-state index in [2.05, 4.69) is 0 Å². The molecule has 0 aromatic heterocycles. The van der Waals surface area contributed by atoms with Crippen LogP contribution in [-0.4, -0.2) is 47.0 Å². The molecule has 1 atom stereocenters. The van der Waals surface area contributed by atoms with Crippen molar-refractivity contribution in [1.82, 2.24) is 4.90 Å². The Kier molecular flexibility index (Phi) is 5.59. The van der Waals surface area contributed by atoms with E-state index >= 15 is 0 Å². The molecule has 0 radical (unpaired) electrons. The van der Waals surface area contributed by atoms with Crippen molar-refractivity contribution in [2.75, 3.05) is 13.1 Å². The highest BCUT2D eigenvalue weighted by Gasteiger charge is 2.36. The average Bonchev–Trinajstić information content (AvgIpc) is 2.46. The molecular weight excluding hydrogens is 286 g/mol. The van der Waals surface area contributed by atoms with Crippen molar-refractivity contribution in [2.24, 2.45) is 5.92 Å². The van der Waals surface area contributed by atoms with Crippen LogP contribution in [-0.2, 0) is 19.1 Å². The summed E-state index contributed by atoms with van der Waals surface area (Å²) in [6.45, 7) is 11.0. The fourth-order valence-electron chi connectivity index (χ4n) is 2.10. The zero-order chi connectivity index (χ0) is 17.1. The maximum atomic E-state index is 12.2. The summed E-state index contributed by atoms with van der Waals surface area (Å²) in [5.74, 6) is -1.69. The number of hydrogen-bond acceptors (Lipinski definition) is 5. The highest BCUT2D eigenvalue weighted by Crippen LogP contribution is 2.20. The first-order valence-electron chi connectivity index (χ1n) is 7.62. The SMILES string of the molecule is CC(C)(C)OC(=O)C1CN(C(=O)OC(C)(C)C)CCCC1=O. The van der Waals surface area contributed by atoms with Crippen molar-refractivity contribution >= 4 is 17.8 Å². The maximum absolute atomic E-state index is 12.2. The van der Waals surface area contributed by atoms with Gasteiger partial charge in [0.15, 0.2) is 0 Å². The Morgan fingerprint density at radius 2 is 1.59 bits per heavy atom. The van der Waals surface area contributed by atoms with Gasteiger partial charge in [-0.3, -0.25) is 9.59 Å². The standard InChI is InChI=1S/C16H27NO5/c1-15(2,3)21-13(19)11-10-17(9-7-8-12(11)18)14(20)22-16(4,5)6/h11H,7-10H2,1-6H3. The molecule has 0 spiro atoms. The van der Waals surface area contributed by atoms with Crippen molar-refractivity contribution in [3.63, 3.8) is 0 Å². The molecule has 0 N–H and O–H groups in total. The molecule has 1 unspecified atom stereocenters. The number of nitrogens with zero attached hydrogens (tertiary/aromatic N) is 1. The maximum Gasteiger partial charge on any atom is 0.410 e. The number of hydrogen-bond donors (Lipinski definition) is 0. The summed E-state index contributed by atoms with van der Waals surface area (Å²) in [6.07, 6.45) is 0.288. The fourth-order valence-corrected chi connectivity index (χ4v) is 2.10. The van der Waals surface area contributed by atoms with Gasteiger partial charge in [0.05, 0.1) is 0 Å². The number of carbonyl (C=O) groups is 3. The van der Waals surface area contributed by atoms with Crippen molar-refractivity contribution < 1.29 is 23.9 Å². The Morgan fingerprint density at radius 1 is 1.05 bits per heavy atom. The second-order valence-corrected chi connectivity index (χ2v) is 7.58. The first kappa shape index (κ1) is 18.5. The molecule has 1 heterocycles. The number of ether oxygens (including phenoxy) is 2. The lowest BCUT2D eigenvalue weighted by Gasteiger charge is -2.28. The van der Waals surface area contributed by atoms with Gasteiger partial charge in [-0.2, -0.15) is 0 Å². The van der Waals surface area contributed by atoms with Gasteiger partial charge >= 0.3 is 12.1 Å². The summed E-state index contributed by atoms with van der Waals surface area (Å²) in [5.41, 5.74) is -1.28. The summed E-state index contributed by atoms with van der Waals surface area (Å²) in [6, 6.07) is 0. The lowest BCUT2D eigenvalue weighted by atomic mass is 10.0. The zero-order valence-corrected chi connectivity index (χ0v) is 14.4. The van der Waals surface area contributed by atoms with Crippen LogP contribution < -0.4 is 0 Å². The molecule has 1 aliphatic heterocycles. The summed E-state index contributed by atoms with van der Waals surface area (Å²) >= 11 is 0. The number of likely N-dealkylation sites (tertiary alicyclic amines) is 1. The average molecular weight is 313 g/mol. The van der Waals surface area contributed by atoms with Gasteiger partial charge in [0.25, 0.3) is 0 Å². The third kappa shape index (κ3) is 6.03. The van der Waals surface area contributed by atoms with E-state index in [1.54, 1.807) is 41.5 Å². The van der Waals surface area contributed by atoms with Gasteiger partial charge in [-0.05, 0) is 48.0 Å². The molecule has 126 valence electrons. The number of esters is 1. The molecule has 1 saturated heterocycles. The number of amides is 1. The molecule has 1 rings (SSSR count). The van der Waals surface area contributed by atoms with Crippen LogP contribution in [0.4, 0.5) is 4.79 Å². The predicted octanol–water partition coefficient (Wildman–Crippen LogP) is 2.54. The molecule has 6 nitrogen and oxygen atoms in total. The summed E-state index contributed by atoms with van der Waals surface area (Å²) in [4.78, 5) is 37.9. The Hall–Kier alpha value is -1.59. The lowest BCUT2D eigenvalue weighted by Crippen LogP contribution is -2.43. The van der Waals surface area contributed by atoms with Crippen LogP contribution in [0.25, 0.3) is 0 Å². The van der Waals surface area contributed by atoms with Crippen LogP contribution in [0, 0.1) is 5.92 Å². The number of Topliss-reactive ketones (excluding diaryl/α,β-unsaturated/α-hetero) is 1. The molecule has 0 aromatic rings. The number of ketones is 1. The topological polar surface area (TPSA) is 72.9 Å². The van der Waals surface area contributed by atoms with E-state index in [0.29, 0.717) is 13.0 Å². The normalized spacial score (nSPS) is 20.4. The van der Waals surface area contributed by atoms with Crippen molar-refractivity contribution in [3.05, 3.63) is 0 Å². The Bertz CT molecular complexity index is 444. The van der Waals surface area contributed by atoms with Gasteiger partial charge in [-0.15, -0.1) is 0 Å². The van der Waals surface area contributed by atoms with Crippen molar-refractivity contribution in [1.29, 1.82) is 0 Å². The third-order valence-corrected chi connectivity index (χ3v) is 2.99. The van der Waals surface area contributed by atoms with Gasteiger partial charge in [0, 0.05) is 19.5 Å². The van der Waals surface area contributed by atoms with E-state index in [0.717, 1.165) is 0 Å². The second kappa shape index (κ2) is 6.67. The van der Waals surface area contributed by atoms with Gasteiger partial charge in [0.2, 0.25) is 0 Å². The van der Waals surface area contributed by atoms with Crippen molar-refractivity contribution in [2.45, 2.75) is 65.6 Å². The summed E-state index contributed by atoms with van der Waals surface area (Å²) in [5, 5.41) is 0.